The number of para-hydroxylation sites is 2. The molecule has 0 saturated heterocycles. The zero-order valence-electron chi connectivity index (χ0n) is 39.3. The third-order valence-corrected chi connectivity index (χ3v) is 26.5. The standard InChI is InChI=1S/C61H59BN2Si2/c1-6-65(5)56-39-42(63-52-29-17-13-25-46(52)47-26-14-18-30-53(47)63)33-35-50(56)62-51-36-34-43(64-54-31-19-15-27-48(54)49-28-16-20-32-55(49)64)40-57(51)66(44-21-9-7-10-22-44,45-23-11-8-12-24-45)59-38-41(61(2,3)4)37-58(65)60(59)62/h7-13,15,17,19,21-25,27,29,31,33-40H,6,14,16,18,20,26,28,30,32H2,1-5H3. The molecule has 0 radical (unpaired) electrons. The highest BCUT2D eigenvalue weighted by Gasteiger charge is 2.55. The van der Waals surface area contributed by atoms with Crippen molar-refractivity contribution in [2.24, 2.45) is 0 Å². The van der Waals surface area contributed by atoms with Crippen molar-refractivity contribution in [3.8, 4) is 11.4 Å². The summed E-state index contributed by atoms with van der Waals surface area (Å²) in [5.41, 5.74) is 17.7. The Kier molecular flexibility index (Phi) is 9.07. The van der Waals surface area contributed by atoms with Crippen molar-refractivity contribution in [2.45, 2.75) is 97.1 Å². The minimum Gasteiger partial charge on any atom is -0.313 e. The second-order valence-electron chi connectivity index (χ2n) is 21.3. The maximum atomic E-state index is 2.74. The maximum absolute atomic E-state index is 2.98. The first-order valence-electron chi connectivity index (χ1n) is 25.0. The molecule has 2 aromatic heterocycles. The van der Waals surface area contributed by atoms with Crippen LogP contribution in [0.4, 0.5) is 0 Å². The molecule has 2 nitrogen and oxygen atoms in total. The number of benzene rings is 7. The lowest BCUT2D eigenvalue weighted by Crippen LogP contribution is -2.92. The van der Waals surface area contributed by atoms with Gasteiger partial charge < -0.3 is 9.13 Å². The van der Waals surface area contributed by atoms with E-state index in [0.29, 0.717) is 0 Å². The molecule has 66 heavy (non-hydrogen) atoms. The molecule has 5 heteroatoms. The van der Waals surface area contributed by atoms with Crippen LogP contribution < -0.4 is 47.5 Å². The van der Waals surface area contributed by atoms with Crippen LogP contribution in [0.3, 0.4) is 0 Å². The topological polar surface area (TPSA) is 9.86 Å². The van der Waals surface area contributed by atoms with Gasteiger partial charge in [-0.2, -0.15) is 0 Å². The highest BCUT2D eigenvalue weighted by atomic mass is 28.3. The summed E-state index contributed by atoms with van der Waals surface area (Å²) in [6.45, 7) is 12.7. The molecule has 0 bridgehead atoms. The van der Waals surface area contributed by atoms with Gasteiger partial charge in [-0.25, -0.2) is 0 Å². The molecule has 1 unspecified atom stereocenters. The zero-order chi connectivity index (χ0) is 44.5. The summed E-state index contributed by atoms with van der Waals surface area (Å²) in [4.78, 5) is 0. The van der Waals surface area contributed by atoms with Crippen LogP contribution in [0.15, 0.2) is 158 Å². The Morgan fingerprint density at radius 3 is 1.50 bits per heavy atom. The lowest BCUT2D eigenvalue weighted by molar-refractivity contribution is 0.591. The van der Waals surface area contributed by atoms with Crippen molar-refractivity contribution in [2.75, 3.05) is 0 Å². The molecule has 2 aliphatic carbocycles. The van der Waals surface area contributed by atoms with Gasteiger partial charge in [0.15, 0.2) is 8.07 Å². The van der Waals surface area contributed by atoms with E-state index in [0.717, 1.165) is 25.3 Å². The summed E-state index contributed by atoms with van der Waals surface area (Å²) in [5, 5.41) is 12.3. The molecule has 0 fully saturated rings. The van der Waals surface area contributed by atoms with Crippen LogP contribution in [0.1, 0.15) is 81.5 Å². The average Bonchev–Trinajstić information content (AvgIpc) is 3.88. The van der Waals surface area contributed by atoms with Gasteiger partial charge in [0, 0.05) is 33.5 Å². The first-order valence-corrected chi connectivity index (χ1v) is 29.7. The Hall–Kier alpha value is -5.88. The third-order valence-electron chi connectivity index (χ3n) is 17.0. The number of aryl methyl sites for hydroxylation is 2. The van der Waals surface area contributed by atoms with E-state index < -0.39 is 16.1 Å². The predicted molar refractivity (Wildman–Crippen MR) is 288 cm³/mol. The van der Waals surface area contributed by atoms with E-state index in [2.05, 4.69) is 201 Å². The van der Waals surface area contributed by atoms with Crippen LogP contribution in [0, 0.1) is 0 Å². The average molecular weight is 887 g/mol. The molecule has 13 rings (SSSR count). The molecule has 9 aromatic rings. The highest BCUT2D eigenvalue weighted by molar-refractivity contribution is 7.29. The Labute approximate surface area is 393 Å². The molecule has 7 aromatic carbocycles. The van der Waals surface area contributed by atoms with E-state index in [1.165, 1.54) is 98.1 Å². The maximum Gasteiger partial charge on any atom is 0.240 e. The molecule has 4 aliphatic rings. The summed E-state index contributed by atoms with van der Waals surface area (Å²) < 4.78 is 5.35. The number of nitrogens with zero attached hydrogens (tertiary/aromatic N) is 2. The number of hydrogen-bond acceptors (Lipinski definition) is 0. The monoisotopic (exact) mass is 886 g/mol. The summed E-state index contributed by atoms with van der Waals surface area (Å²) in [6, 6.07) is 64.4. The fourth-order valence-corrected chi connectivity index (χ4v) is 22.9. The highest BCUT2D eigenvalue weighted by Crippen LogP contribution is 2.37. The Morgan fingerprint density at radius 1 is 0.500 bits per heavy atom. The second kappa shape index (κ2) is 14.8. The fourth-order valence-electron chi connectivity index (χ4n) is 13.7. The first kappa shape index (κ1) is 40.4. The summed E-state index contributed by atoms with van der Waals surface area (Å²) in [6.07, 6.45) is 9.67. The SMILES string of the molecule is CC[Si]1(C)c2cc(-n3c4c(c5ccccc53)CCCC4)ccc2B2c3ccc(-n4c5c(c6ccccc64)CCCC5)cc3[Si](c3ccccc3)(c3ccccc3)c3cc(C(C)(C)C)cc1c32. The lowest BCUT2D eigenvalue weighted by atomic mass is 9.36. The number of rotatable bonds is 5. The smallest absolute Gasteiger partial charge is 0.240 e. The van der Waals surface area contributed by atoms with Crippen LogP contribution in [-0.4, -0.2) is 32.0 Å². The van der Waals surface area contributed by atoms with Crippen LogP contribution in [0.5, 0.6) is 0 Å². The molecular formula is C61H59BN2Si2. The summed E-state index contributed by atoms with van der Waals surface area (Å²) >= 11 is 0. The fraction of sp³-hybridized carbons (Fsp3) is 0.246. The van der Waals surface area contributed by atoms with Gasteiger partial charge >= 0.3 is 0 Å². The van der Waals surface area contributed by atoms with Crippen LogP contribution in [0.2, 0.25) is 12.6 Å². The van der Waals surface area contributed by atoms with E-state index in [9.17, 15) is 0 Å². The van der Waals surface area contributed by atoms with Crippen LogP contribution >= 0.6 is 0 Å². The van der Waals surface area contributed by atoms with E-state index in [-0.39, 0.29) is 12.1 Å². The van der Waals surface area contributed by atoms with Crippen molar-refractivity contribution < 1.29 is 0 Å². The van der Waals surface area contributed by atoms with Gasteiger partial charge in [-0.05, 0) is 131 Å². The van der Waals surface area contributed by atoms with Gasteiger partial charge in [-0.1, -0.05) is 188 Å². The van der Waals surface area contributed by atoms with E-state index in [1.54, 1.807) is 42.8 Å². The van der Waals surface area contributed by atoms with E-state index in [1.807, 2.05) is 0 Å². The third kappa shape index (κ3) is 5.53. The molecule has 0 saturated carbocycles. The Morgan fingerprint density at radius 2 is 0.970 bits per heavy atom. The largest absolute Gasteiger partial charge is 0.313 e. The van der Waals surface area contributed by atoms with E-state index >= 15 is 0 Å². The molecule has 4 heterocycles. The summed E-state index contributed by atoms with van der Waals surface area (Å²) in [7, 11) is -5.33. The van der Waals surface area contributed by atoms with Gasteiger partial charge in [0.05, 0.1) is 11.0 Å². The lowest BCUT2D eigenvalue weighted by Gasteiger charge is -2.49. The van der Waals surface area contributed by atoms with Crippen molar-refractivity contribution in [1.82, 2.24) is 9.13 Å². The molecule has 0 spiro atoms. The van der Waals surface area contributed by atoms with Gasteiger partial charge in [-0.3, -0.25) is 0 Å². The normalized spacial score (nSPS) is 18.1. The minimum atomic E-state index is -2.98. The first-order chi connectivity index (χ1) is 32.2. The Balaban J connectivity index is 1.16. The summed E-state index contributed by atoms with van der Waals surface area (Å²) in [5.74, 6) is 0. The quantitative estimate of drug-likeness (QED) is 0.154. The van der Waals surface area contributed by atoms with Gasteiger partial charge in [0.2, 0.25) is 6.71 Å². The Bertz CT molecular complexity index is 3390. The van der Waals surface area contributed by atoms with Crippen LogP contribution in [0.25, 0.3) is 33.2 Å². The number of fused-ring (bicyclic) bond motifs is 10. The van der Waals surface area contributed by atoms with Gasteiger partial charge in [-0.15, -0.1) is 0 Å². The van der Waals surface area contributed by atoms with Gasteiger partial charge in [0.1, 0.15) is 8.07 Å². The van der Waals surface area contributed by atoms with Gasteiger partial charge in [0.25, 0.3) is 0 Å². The molecule has 0 N–H and O–H groups in total. The van der Waals surface area contributed by atoms with Crippen molar-refractivity contribution in [1.29, 1.82) is 0 Å². The number of hydrogen-bond donors (Lipinski definition) is 0. The van der Waals surface area contributed by atoms with Crippen LogP contribution in [-0.2, 0) is 31.1 Å². The predicted octanol–water partition coefficient (Wildman–Crippen LogP) is 8.36. The zero-order valence-corrected chi connectivity index (χ0v) is 41.3. The minimum absolute atomic E-state index is 0.0336. The van der Waals surface area contributed by atoms with Crippen molar-refractivity contribution in [3.05, 3.63) is 186 Å². The van der Waals surface area contributed by atoms with Crippen molar-refractivity contribution >= 4 is 92.2 Å². The molecular weight excluding hydrogens is 828 g/mol. The molecule has 0 amide bonds. The molecule has 324 valence electrons. The number of aromatic nitrogens is 2. The van der Waals surface area contributed by atoms with Crippen molar-refractivity contribution in [3.63, 3.8) is 0 Å². The molecule has 1 atom stereocenters. The second-order valence-corrected chi connectivity index (χ2v) is 29.5. The molecule has 2 aliphatic heterocycles. The van der Waals surface area contributed by atoms with E-state index in [4.69, 9.17) is 0 Å².